The van der Waals surface area contributed by atoms with E-state index in [9.17, 15) is 8.42 Å². The lowest BCUT2D eigenvalue weighted by molar-refractivity contribution is 0.155. The number of aryl methyl sites for hydroxylation is 2. The Bertz CT molecular complexity index is 674. The maximum absolute atomic E-state index is 13.1. The van der Waals surface area contributed by atoms with Crippen LogP contribution in [0.15, 0.2) is 17.0 Å². The van der Waals surface area contributed by atoms with Crippen LogP contribution in [-0.4, -0.2) is 39.0 Å². The number of sulfonamides is 1. The molecule has 2 N–H and O–H groups in total. The summed E-state index contributed by atoms with van der Waals surface area (Å²) in [6, 6.07) is 3.62. The summed E-state index contributed by atoms with van der Waals surface area (Å²) >= 11 is 0. The first-order chi connectivity index (χ1) is 10.1. The van der Waals surface area contributed by atoms with Gasteiger partial charge in [0.25, 0.3) is 0 Å². The molecular formula is C16H27ClN2O3S. The Kier molecular flexibility index (Phi) is 6.13. The van der Waals surface area contributed by atoms with Crippen molar-refractivity contribution in [3.8, 4) is 5.75 Å². The molecule has 0 bridgehead atoms. The summed E-state index contributed by atoms with van der Waals surface area (Å²) in [5.74, 6) is 0.429. The highest BCUT2D eigenvalue weighted by Crippen LogP contribution is 2.35. The molecule has 0 saturated carbocycles. The molecule has 1 saturated heterocycles. The third kappa shape index (κ3) is 3.82. The minimum Gasteiger partial charge on any atom is -0.495 e. The molecule has 0 aliphatic carbocycles. The highest BCUT2D eigenvalue weighted by molar-refractivity contribution is 7.89. The monoisotopic (exact) mass is 362 g/mol. The first kappa shape index (κ1) is 20.2. The highest BCUT2D eigenvalue weighted by atomic mass is 35.5. The second kappa shape index (κ2) is 6.97. The fraction of sp³-hybridized carbons (Fsp3) is 0.625. The molecule has 132 valence electrons. The first-order valence-corrected chi connectivity index (χ1v) is 8.94. The molecule has 1 aromatic carbocycles. The van der Waals surface area contributed by atoms with Gasteiger partial charge in [0.05, 0.1) is 7.11 Å². The number of nitrogens with two attached hydrogens (primary N) is 1. The molecule has 0 aromatic heterocycles. The van der Waals surface area contributed by atoms with E-state index >= 15 is 0 Å². The quantitative estimate of drug-likeness (QED) is 0.896. The molecule has 1 heterocycles. The molecule has 0 amide bonds. The maximum Gasteiger partial charge on any atom is 0.246 e. The Balaban J connectivity index is 0.00000264. The maximum atomic E-state index is 13.1. The van der Waals surface area contributed by atoms with Crippen LogP contribution in [0.1, 0.15) is 31.4 Å². The summed E-state index contributed by atoms with van der Waals surface area (Å²) < 4.78 is 33.0. The number of methoxy groups -OCH3 is 1. The smallest absolute Gasteiger partial charge is 0.246 e. The number of hydrogen-bond donors (Lipinski definition) is 1. The number of benzene rings is 1. The van der Waals surface area contributed by atoms with Crippen LogP contribution >= 0.6 is 12.4 Å². The average Bonchev–Trinajstić information content (AvgIpc) is 2.40. The zero-order valence-electron chi connectivity index (χ0n) is 14.4. The molecule has 5 nitrogen and oxygen atoms in total. The number of piperidine rings is 1. The normalized spacial score (nSPS) is 21.6. The third-order valence-electron chi connectivity index (χ3n) is 4.48. The van der Waals surface area contributed by atoms with Crippen molar-refractivity contribution in [1.29, 1.82) is 0 Å². The van der Waals surface area contributed by atoms with Crippen molar-refractivity contribution in [3.63, 3.8) is 0 Å². The molecule has 1 aliphatic heterocycles. The fourth-order valence-electron chi connectivity index (χ4n) is 3.04. The summed E-state index contributed by atoms with van der Waals surface area (Å²) in [5, 5.41) is 0. The van der Waals surface area contributed by atoms with Gasteiger partial charge in [-0.2, -0.15) is 4.31 Å². The van der Waals surface area contributed by atoms with Crippen molar-refractivity contribution in [1.82, 2.24) is 4.31 Å². The molecular weight excluding hydrogens is 336 g/mol. The zero-order valence-corrected chi connectivity index (χ0v) is 16.1. The predicted octanol–water partition coefficient (Wildman–Crippen LogP) is 2.48. The van der Waals surface area contributed by atoms with Crippen molar-refractivity contribution < 1.29 is 13.2 Å². The van der Waals surface area contributed by atoms with Crippen LogP contribution in [0, 0.1) is 19.3 Å². The van der Waals surface area contributed by atoms with E-state index in [1.165, 1.54) is 11.4 Å². The van der Waals surface area contributed by atoms with Gasteiger partial charge in [0.2, 0.25) is 10.0 Å². The molecule has 1 aliphatic rings. The lowest BCUT2D eigenvalue weighted by Gasteiger charge is -2.41. The van der Waals surface area contributed by atoms with Gasteiger partial charge < -0.3 is 10.5 Å². The third-order valence-corrected chi connectivity index (χ3v) is 6.33. The molecule has 0 spiro atoms. The summed E-state index contributed by atoms with van der Waals surface area (Å²) in [4.78, 5) is 0.249. The molecule has 2 rings (SSSR count). The van der Waals surface area contributed by atoms with Crippen LogP contribution in [0.2, 0.25) is 0 Å². The summed E-state index contributed by atoms with van der Waals surface area (Å²) in [6.45, 7) is 8.65. The van der Waals surface area contributed by atoms with Crippen LogP contribution in [0.5, 0.6) is 5.75 Å². The van der Waals surface area contributed by atoms with Crippen molar-refractivity contribution >= 4 is 22.4 Å². The molecule has 1 fully saturated rings. The van der Waals surface area contributed by atoms with Crippen molar-refractivity contribution in [2.24, 2.45) is 11.1 Å². The Morgan fingerprint density at radius 3 is 2.43 bits per heavy atom. The van der Waals surface area contributed by atoms with Gasteiger partial charge in [0, 0.05) is 19.1 Å². The second-order valence-corrected chi connectivity index (χ2v) is 8.74. The summed E-state index contributed by atoms with van der Waals surface area (Å²) in [7, 11) is -2.08. The Morgan fingerprint density at radius 2 is 1.91 bits per heavy atom. The topological polar surface area (TPSA) is 72.6 Å². The van der Waals surface area contributed by atoms with E-state index in [-0.39, 0.29) is 28.8 Å². The van der Waals surface area contributed by atoms with Gasteiger partial charge in [-0.15, -0.1) is 12.4 Å². The van der Waals surface area contributed by atoms with Gasteiger partial charge >= 0.3 is 0 Å². The van der Waals surface area contributed by atoms with Gasteiger partial charge in [-0.25, -0.2) is 8.42 Å². The minimum atomic E-state index is -3.59. The predicted molar refractivity (Wildman–Crippen MR) is 94.8 cm³/mol. The van der Waals surface area contributed by atoms with Crippen LogP contribution in [0.3, 0.4) is 0 Å². The minimum absolute atomic E-state index is 0. The Labute approximate surface area is 145 Å². The lowest BCUT2D eigenvalue weighted by atomic mass is 9.81. The highest BCUT2D eigenvalue weighted by Gasteiger charge is 2.39. The second-order valence-electron chi connectivity index (χ2n) is 6.84. The summed E-state index contributed by atoms with van der Waals surface area (Å²) in [5.41, 5.74) is 7.61. The van der Waals surface area contributed by atoms with Crippen molar-refractivity contribution in [2.45, 2.75) is 45.1 Å². The van der Waals surface area contributed by atoms with E-state index in [0.717, 1.165) is 11.1 Å². The van der Waals surface area contributed by atoms with Crippen LogP contribution in [0.25, 0.3) is 0 Å². The number of hydrogen-bond acceptors (Lipinski definition) is 4. The van der Waals surface area contributed by atoms with Crippen LogP contribution in [0.4, 0.5) is 0 Å². The van der Waals surface area contributed by atoms with E-state index in [0.29, 0.717) is 25.3 Å². The van der Waals surface area contributed by atoms with Gasteiger partial charge in [0.15, 0.2) is 0 Å². The van der Waals surface area contributed by atoms with E-state index in [4.69, 9.17) is 10.5 Å². The van der Waals surface area contributed by atoms with E-state index in [1.54, 1.807) is 6.07 Å². The van der Waals surface area contributed by atoms with E-state index in [1.807, 2.05) is 33.8 Å². The van der Waals surface area contributed by atoms with Gasteiger partial charge in [0.1, 0.15) is 10.6 Å². The number of halogens is 1. The molecule has 1 unspecified atom stereocenters. The van der Waals surface area contributed by atoms with Crippen LogP contribution < -0.4 is 10.5 Å². The van der Waals surface area contributed by atoms with Crippen LogP contribution in [-0.2, 0) is 10.0 Å². The van der Waals surface area contributed by atoms with Gasteiger partial charge in [-0.1, -0.05) is 19.9 Å². The summed E-state index contributed by atoms with van der Waals surface area (Å²) in [6.07, 6.45) is 0.666. The van der Waals surface area contributed by atoms with Gasteiger partial charge in [-0.05, 0) is 42.9 Å². The van der Waals surface area contributed by atoms with E-state index in [2.05, 4.69) is 0 Å². The SMILES string of the molecule is COc1c(C)cc(C)cc1S(=O)(=O)N1CCC(N)C(C)(C)C1.Cl. The standard InChI is InChI=1S/C16H26N2O3S.ClH/c1-11-8-12(2)15(21-5)13(9-11)22(19,20)18-7-6-14(17)16(3,4)10-18;/h8-9,14H,6-7,10,17H2,1-5H3;1H. The Hall–Kier alpha value is -0.820. The molecule has 0 radical (unpaired) electrons. The Morgan fingerprint density at radius 1 is 1.30 bits per heavy atom. The lowest BCUT2D eigenvalue weighted by Crippen LogP contribution is -2.53. The first-order valence-electron chi connectivity index (χ1n) is 7.50. The molecule has 1 aromatic rings. The largest absolute Gasteiger partial charge is 0.495 e. The fourth-order valence-corrected chi connectivity index (χ4v) is 4.98. The number of ether oxygens (including phenoxy) is 1. The molecule has 23 heavy (non-hydrogen) atoms. The number of rotatable bonds is 3. The average molecular weight is 363 g/mol. The van der Waals surface area contributed by atoms with Gasteiger partial charge in [-0.3, -0.25) is 0 Å². The number of nitrogens with zero attached hydrogens (tertiary/aromatic N) is 1. The van der Waals surface area contributed by atoms with Crippen molar-refractivity contribution in [3.05, 3.63) is 23.3 Å². The molecule has 1 atom stereocenters. The van der Waals surface area contributed by atoms with Crippen molar-refractivity contribution in [2.75, 3.05) is 20.2 Å². The van der Waals surface area contributed by atoms with E-state index < -0.39 is 10.0 Å². The molecule has 7 heteroatoms. The zero-order chi connectivity index (χ0) is 16.7.